The number of benzene rings is 4. The minimum atomic E-state index is -0.370. The zero-order valence-corrected chi connectivity index (χ0v) is 20.2. The molecule has 0 aromatic heterocycles. The number of anilines is 1. The van der Waals surface area contributed by atoms with E-state index in [1.807, 2.05) is 37.3 Å². The van der Waals surface area contributed by atoms with E-state index < -0.39 is 0 Å². The molecule has 5 nitrogen and oxygen atoms in total. The first-order chi connectivity index (χ1) is 17.4. The van der Waals surface area contributed by atoms with Crippen LogP contribution in [0, 0.1) is 12.7 Å². The van der Waals surface area contributed by atoms with Crippen molar-refractivity contribution in [2.75, 3.05) is 11.9 Å². The summed E-state index contributed by atoms with van der Waals surface area (Å²) in [5.41, 5.74) is 4.12. The van der Waals surface area contributed by atoms with Crippen LogP contribution < -0.4 is 10.1 Å². The molecule has 0 bridgehead atoms. The molecule has 180 valence electrons. The Bertz CT molecular complexity index is 1400. The summed E-state index contributed by atoms with van der Waals surface area (Å²) in [7, 11) is 0. The quantitative estimate of drug-likeness (QED) is 0.307. The Kier molecular flexibility index (Phi) is 6.69. The fourth-order valence-electron chi connectivity index (χ4n) is 4.03. The third-order valence-electron chi connectivity index (χ3n) is 5.90. The average Bonchev–Trinajstić information content (AvgIpc) is 3.33. The normalized spacial score (nSPS) is 14.9. The highest BCUT2D eigenvalue weighted by molar-refractivity contribution is 6.30. The average molecular weight is 500 g/mol. The van der Waals surface area contributed by atoms with Gasteiger partial charge in [-0.05, 0) is 78.7 Å². The largest absolute Gasteiger partial charge is 0.457 e. The van der Waals surface area contributed by atoms with Gasteiger partial charge in [-0.25, -0.2) is 14.2 Å². The third-order valence-corrected chi connectivity index (χ3v) is 6.15. The summed E-state index contributed by atoms with van der Waals surface area (Å²) < 4.78 is 19.8. The van der Waals surface area contributed by atoms with E-state index in [0.717, 1.165) is 22.4 Å². The predicted molar refractivity (Wildman–Crippen MR) is 141 cm³/mol. The summed E-state index contributed by atoms with van der Waals surface area (Å²) in [5, 5.41) is 9.54. The number of carbonyl (C=O) groups excluding carboxylic acids is 1. The fourth-order valence-corrected chi connectivity index (χ4v) is 4.16. The van der Waals surface area contributed by atoms with Crippen LogP contribution in [-0.4, -0.2) is 23.3 Å². The van der Waals surface area contributed by atoms with Crippen LogP contribution in [0.5, 0.6) is 11.5 Å². The first-order valence-electron chi connectivity index (χ1n) is 11.5. The van der Waals surface area contributed by atoms with Crippen LogP contribution in [0.1, 0.15) is 22.6 Å². The standard InChI is InChI=1S/C29H23ClFN3O2/c1-19-5-7-20(8-6-19)28-27(21-3-2-4-23(31)17-21)18-34(33-28)29(35)32-24-11-15-26(16-12-24)36-25-13-9-22(30)10-14-25/h2-17,27H,18H2,1H3,(H,32,35). The Morgan fingerprint density at radius 3 is 2.31 bits per heavy atom. The molecule has 1 aliphatic heterocycles. The number of halogens is 2. The summed E-state index contributed by atoms with van der Waals surface area (Å²) in [5.74, 6) is 0.723. The fraction of sp³-hybridized carbons (Fsp3) is 0.103. The minimum absolute atomic E-state index is 0.246. The Morgan fingerprint density at radius 2 is 1.64 bits per heavy atom. The van der Waals surface area contributed by atoms with Crippen LogP contribution >= 0.6 is 11.6 Å². The van der Waals surface area contributed by atoms with Crippen molar-refractivity contribution in [2.45, 2.75) is 12.8 Å². The summed E-state index contributed by atoms with van der Waals surface area (Å²) in [6.45, 7) is 2.31. The van der Waals surface area contributed by atoms with Gasteiger partial charge in [0, 0.05) is 16.6 Å². The molecule has 0 saturated carbocycles. The van der Waals surface area contributed by atoms with Crippen molar-refractivity contribution in [1.29, 1.82) is 0 Å². The zero-order valence-electron chi connectivity index (χ0n) is 19.5. The number of rotatable bonds is 5. The number of amides is 2. The number of hydrazone groups is 1. The Balaban J connectivity index is 1.32. The molecule has 1 atom stereocenters. The molecule has 5 rings (SSSR count). The number of carbonyl (C=O) groups is 1. The first kappa shape index (κ1) is 23.6. The zero-order chi connectivity index (χ0) is 25.1. The van der Waals surface area contributed by atoms with Crippen LogP contribution in [-0.2, 0) is 0 Å². The number of hydrogen-bond acceptors (Lipinski definition) is 3. The predicted octanol–water partition coefficient (Wildman–Crippen LogP) is 7.62. The van der Waals surface area contributed by atoms with E-state index in [9.17, 15) is 9.18 Å². The van der Waals surface area contributed by atoms with Gasteiger partial charge in [-0.2, -0.15) is 5.10 Å². The summed E-state index contributed by atoms with van der Waals surface area (Å²) in [6.07, 6.45) is 0. The summed E-state index contributed by atoms with van der Waals surface area (Å²) in [6, 6.07) is 28.1. The first-order valence-corrected chi connectivity index (χ1v) is 11.9. The highest BCUT2D eigenvalue weighted by Crippen LogP contribution is 2.30. The molecule has 0 fully saturated rings. The van der Waals surface area contributed by atoms with E-state index in [1.165, 1.54) is 17.1 Å². The van der Waals surface area contributed by atoms with E-state index in [1.54, 1.807) is 54.6 Å². The lowest BCUT2D eigenvalue weighted by atomic mass is 9.90. The second-order valence-corrected chi connectivity index (χ2v) is 8.99. The maximum Gasteiger partial charge on any atom is 0.342 e. The maximum atomic E-state index is 14.0. The number of nitrogens with one attached hydrogen (secondary N) is 1. The number of ether oxygens (including phenoxy) is 1. The van der Waals surface area contributed by atoms with E-state index in [4.69, 9.17) is 16.3 Å². The number of nitrogens with zero attached hydrogens (tertiary/aromatic N) is 2. The second kappa shape index (κ2) is 10.2. The van der Waals surface area contributed by atoms with Crippen molar-refractivity contribution in [3.8, 4) is 11.5 Å². The molecule has 7 heteroatoms. The van der Waals surface area contributed by atoms with Gasteiger partial charge in [-0.3, -0.25) is 0 Å². The molecule has 0 spiro atoms. The smallest absolute Gasteiger partial charge is 0.342 e. The van der Waals surface area contributed by atoms with Gasteiger partial charge in [0.25, 0.3) is 0 Å². The van der Waals surface area contributed by atoms with Crippen molar-refractivity contribution in [3.63, 3.8) is 0 Å². The van der Waals surface area contributed by atoms with Gasteiger partial charge in [0.1, 0.15) is 17.3 Å². The molecule has 1 heterocycles. The molecule has 2 amide bonds. The van der Waals surface area contributed by atoms with Gasteiger partial charge in [-0.15, -0.1) is 0 Å². The Labute approximate surface area is 213 Å². The summed E-state index contributed by atoms with van der Waals surface area (Å²) >= 11 is 5.91. The van der Waals surface area contributed by atoms with Crippen LogP contribution in [0.4, 0.5) is 14.9 Å². The molecular weight excluding hydrogens is 477 g/mol. The minimum Gasteiger partial charge on any atom is -0.457 e. The molecule has 1 N–H and O–H groups in total. The highest BCUT2D eigenvalue weighted by Gasteiger charge is 2.32. The van der Waals surface area contributed by atoms with Crippen molar-refractivity contribution < 1.29 is 13.9 Å². The molecule has 4 aromatic carbocycles. The van der Waals surface area contributed by atoms with Crippen molar-refractivity contribution in [3.05, 3.63) is 125 Å². The van der Waals surface area contributed by atoms with Crippen LogP contribution in [0.2, 0.25) is 5.02 Å². The molecule has 0 saturated heterocycles. The maximum absolute atomic E-state index is 14.0. The molecule has 1 unspecified atom stereocenters. The van der Waals surface area contributed by atoms with Gasteiger partial charge in [0.05, 0.1) is 12.3 Å². The SMILES string of the molecule is Cc1ccc(C2=NN(C(=O)Nc3ccc(Oc4ccc(Cl)cc4)cc3)CC2c2cccc(F)c2)cc1. The molecule has 4 aromatic rings. The topological polar surface area (TPSA) is 53.9 Å². The van der Waals surface area contributed by atoms with Gasteiger partial charge in [-0.1, -0.05) is 53.6 Å². The van der Waals surface area contributed by atoms with Gasteiger partial charge in [0.2, 0.25) is 0 Å². The number of aryl methyl sites for hydroxylation is 1. The third kappa shape index (κ3) is 5.39. The van der Waals surface area contributed by atoms with E-state index in [-0.39, 0.29) is 17.8 Å². The molecule has 1 aliphatic rings. The molecular formula is C29H23ClFN3O2. The highest BCUT2D eigenvalue weighted by atomic mass is 35.5. The molecule has 0 radical (unpaired) electrons. The van der Waals surface area contributed by atoms with Crippen molar-refractivity contribution in [1.82, 2.24) is 5.01 Å². The number of hydrogen-bond donors (Lipinski definition) is 1. The number of urea groups is 1. The van der Waals surface area contributed by atoms with Gasteiger partial charge in [0.15, 0.2) is 0 Å². The van der Waals surface area contributed by atoms with E-state index in [2.05, 4.69) is 10.4 Å². The molecule has 0 aliphatic carbocycles. The van der Waals surface area contributed by atoms with Crippen LogP contribution in [0.25, 0.3) is 0 Å². The van der Waals surface area contributed by atoms with Gasteiger partial charge >= 0.3 is 6.03 Å². The Hall–Kier alpha value is -4.16. The Morgan fingerprint density at radius 1 is 0.972 bits per heavy atom. The second-order valence-electron chi connectivity index (χ2n) is 8.55. The van der Waals surface area contributed by atoms with Crippen LogP contribution in [0.3, 0.4) is 0 Å². The summed E-state index contributed by atoms with van der Waals surface area (Å²) in [4.78, 5) is 13.1. The van der Waals surface area contributed by atoms with Crippen LogP contribution in [0.15, 0.2) is 102 Å². The molecule has 36 heavy (non-hydrogen) atoms. The van der Waals surface area contributed by atoms with E-state index >= 15 is 0 Å². The van der Waals surface area contributed by atoms with Crippen molar-refractivity contribution in [2.24, 2.45) is 5.10 Å². The van der Waals surface area contributed by atoms with Gasteiger partial charge < -0.3 is 10.1 Å². The lowest BCUT2D eigenvalue weighted by molar-refractivity contribution is 0.218. The lowest BCUT2D eigenvalue weighted by Crippen LogP contribution is -2.30. The van der Waals surface area contributed by atoms with E-state index in [0.29, 0.717) is 28.8 Å². The van der Waals surface area contributed by atoms with Crippen molar-refractivity contribution >= 4 is 29.0 Å². The monoisotopic (exact) mass is 499 g/mol. The lowest BCUT2D eigenvalue weighted by Gasteiger charge is -2.16.